The van der Waals surface area contributed by atoms with Crippen LogP contribution in [0.1, 0.15) is 17.3 Å². The van der Waals surface area contributed by atoms with Gasteiger partial charge in [0.15, 0.2) is 17.6 Å². The second-order valence-corrected chi connectivity index (χ2v) is 3.47. The van der Waals surface area contributed by atoms with E-state index in [4.69, 9.17) is 14.6 Å². The molecule has 1 aromatic carbocycles. The Morgan fingerprint density at radius 1 is 1.33 bits per heavy atom. The van der Waals surface area contributed by atoms with Crippen molar-refractivity contribution in [2.24, 2.45) is 0 Å². The van der Waals surface area contributed by atoms with E-state index >= 15 is 0 Å². The second-order valence-electron chi connectivity index (χ2n) is 3.47. The summed E-state index contributed by atoms with van der Waals surface area (Å²) in [5.74, 6) is -1.43. The summed E-state index contributed by atoms with van der Waals surface area (Å²) < 4.78 is 46.4. The highest BCUT2D eigenvalue weighted by molar-refractivity contribution is 5.88. The van der Waals surface area contributed by atoms with Crippen LogP contribution in [0.2, 0.25) is 0 Å². The first-order chi connectivity index (χ1) is 8.25. The summed E-state index contributed by atoms with van der Waals surface area (Å²) in [6, 6.07) is 3.37. The van der Waals surface area contributed by atoms with Crippen molar-refractivity contribution < 1.29 is 32.5 Å². The van der Waals surface area contributed by atoms with E-state index in [0.717, 1.165) is 25.1 Å². The maximum absolute atomic E-state index is 12.3. The third-order valence-corrected chi connectivity index (χ3v) is 2.18. The molecule has 0 heterocycles. The minimum Gasteiger partial charge on any atom is -0.493 e. The lowest BCUT2D eigenvalue weighted by Gasteiger charge is -2.19. The molecule has 0 aliphatic heterocycles. The number of ether oxygens (including phenoxy) is 2. The van der Waals surface area contributed by atoms with Gasteiger partial charge < -0.3 is 14.6 Å². The molecule has 7 heteroatoms. The van der Waals surface area contributed by atoms with Gasteiger partial charge in [0.1, 0.15) is 0 Å². The highest BCUT2D eigenvalue weighted by Crippen LogP contribution is 2.32. The Bertz CT molecular complexity index is 442. The molecule has 0 fully saturated rings. The number of carboxylic acids is 1. The lowest BCUT2D eigenvalue weighted by atomic mass is 10.2. The minimum atomic E-state index is -4.50. The van der Waals surface area contributed by atoms with Crippen LogP contribution in [0.15, 0.2) is 18.2 Å². The predicted octanol–water partition coefficient (Wildman–Crippen LogP) is 2.72. The lowest BCUT2D eigenvalue weighted by Crippen LogP contribution is -2.31. The molecule has 0 saturated heterocycles. The van der Waals surface area contributed by atoms with E-state index in [-0.39, 0.29) is 17.1 Å². The number of carbonyl (C=O) groups is 1. The predicted molar refractivity (Wildman–Crippen MR) is 56.1 cm³/mol. The van der Waals surface area contributed by atoms with Crippen molar-refractivity contribution in [2.75, 3.05) is 7.11 Å². The third kappa shape index (κ3) is 3.28. The number of carboxylic acid groups (broad SMARTS) is 1. The van der Waals surface area contributed by atoms with Gasteiger partial charge in [0.25, 0.3) is 0 Å². The number of methoxy groups -OCH3 is 1. The zero-order valence-corrected chi connectivity index (χ0v) is 9.62. The number of benzene rings is 1. The maximum Gasteiger partial charge on any atom is 0.425 e. The van der Waals surface area contributed by atoms with Crippen molar-refractivity contribution in [1.82, 2.24) is 0 Å². The van der Waals surface area contributed by atoms with Crippen molar-refractivity contribution in [3.05, 3.63) is 23.8 Å². The molecule has 1 N–H and O–H groups in total. The smallest absolute Gasteiger partial charge is 0.425 e. The topological polar surface area (TPSA) is 55.8 Å². The van der Waals surface area contributed by atoms with Gasteiger partial charge in [0.2, 0.25) is 0 Å². The summed E-state index contributed by atoms with van der Waals surface area (Å²) >= 11 is 0. The number of hydrogen-bond acceptors (Lipinski definition) is 3. The molecule has 1 rings (SSSR count). The largest absolute Gasteiger partial charge is 0.493 e. The molecule has 0 aliphatic carbocycles. The fourth-order valence-corrected chi connectivity index (χ4v) is 1.16. The Labute approximate surface area is 101 Å². The van der Waals surface area contributed by atoms with Crippen LogP contribution in [0.5, 0.6) is 11.5 Å². The van der Waals surface area contributed by atoms with E-state index in [0.29, 0.717) is 0 Å². The molecule has 0 bridgehead atoms. The molecule has 4 nitrogen and oxygen atoms in total. The summed E-state index contributed by atoms with van der Waals surface area (Å²) in [4.78, 5) is 10.7. The van der Waals surface area contributed by atoms with Crippen LogP contribution in [0.4, 0.5) is 13.2 Å². The fourth-order valence-electron chi connectivity index (χ4n) is 1.16. The molecule has 0 amide bonds. The fraction of sp³-hybridized carbons (Fsp3) is 0.364. The first-order valence-electron chi connectivity index (χ1n) is 4.90. The molecule has 1 atom stereocenters. The van der Waals surface area contributed by atoms with Crippen LogP contribution in [0, 0.1) is 0 Å². The van der Waals surface area contributed by atoms with E-state index < -0.39 is 18.2 Å². The number of halogens is 3. The summed E-state index contributed by atoms with van der Waals surface area (Å²) in [7, 11) is 1.21. The molecule has 0 aliphatic rings. The van der Waals surface area contributed by atoms with Crippen LogP contribution >= 0.6 is 0 Å². The maximum atomic E-state index is 12.3. The SMILES string of the molecule is COc1cc(C(=O)O)ccc1OC(C)C(F)(F)F. The van der Waals surface area contributed by atoms with Gasteiger partial charge in [0, 0.05) is 0 Å². The van der Waals surface area contributed by atoms with Gasteiger partial charge in [-0.2, -0.15) is 13.2 Å². The molecule has 0 radical (unpaired) electrons. The van der Waals surface area contributed by atoms with Gasteiger partial charge >= 0.3 is 12.1 Å². The molecule has 1 unspecified atom stereocenters. The van der Waals surface area contributed by atoms with Gasteiger partial charge in [-0.3, -0.25) is 0 Å². The average molecular weight is 264 g/mol. The van der Waals surface area contributed by atoms with Crippen molar-refractivity contribution >= 4 is 5.97 Å². The van der Waals surface area contributed by atoms with Gasteiger partial charge in [0.05, 0.1) is 12.7 Å². The van der Waals surface area contributed by atoms with Gasteiger partial charge in [-0.1, -0.05) is 0 Å². The average Bonchev–Trinajstić information content (AvgIpc) is 2.27. The number of rotatable bonds is 4. The van der Waals surface area contributed by atoms with Crippen molar-refractivity contribution in [2.45, 2.75) is 19.2 Å². The molecule has 1 aromatic rings. The van der Waals surface area contributed by atoms with Gasteiger partial charge in [-0.25, -0.2) is 4.79 Å². The number of hydrogen-bond donors (Lipinski definition) is 1. The monoisotopic (exact) mass is 264 g/mol. The zero-order valence-electron chi connectivity index (χ0n) is 9.62. The van der Waals surface area contributed by atoms with Crippen LogP contribution < -0.4 is 9.47 Å². The molecule has 0 aromatic heterocycles. The van der Waals surface area contributed by atoms with E-state index in [1.807, 2.05) is 0 Å². The van der Waals surface area contributed by atoms with Crippen molar-refractivity contribution in [1.29, 1.82) is 0 Å². The first-order valence-corrected chi connectivity index (χ1v) is 4.90. The van der Waals surface area contributed by atoms with Crippen LogP contribution in [-0.4, -0.2) is 30.5 Å². The molecule has 100 valence electrons. The van der Waals surface area contributed by atoms with Crippen molar-refractivity contribution in [3.63, 3.8) is 0 Å². The van der Waals surface area contributed by atoms with E-state index in [1.54, 1.807) is 0 Å². The summed E-state index contributed by atoms with van der Waals surface area (Å²) in [5, 5.41) is 8.73. The van der Waals surface area contributed by atoms with E-state index in [2.05, 4.69) is 0 Å². The highest BCUT2D eigenvalue weighted by Gasteiger charge is 2.38. The van der Waals surface area contributed by atoms with Crippen LogP contribution in [0.25, 0.3) is 0 Å². The molecule has 18 heavy (non-hydrogen) atoms. The standard InChI is InChI=1S/C11H11F3O4/c1-6(11(12,13)14)18-8-4-3-7(10(15)16)5-9(8)17-2/h3-6H,1-2H3,(H,15,16). The molecular formula is C11H11F3O4. The summed E-state index contributed by atoms with van der Waals surface area (Å²) in [6.45, 7) is 0.852. The van der Waals surface area contributed by atoms with Crippen molar-refractivity contribution in [3.8, 4) is 11.5 Å². The lowest BCUT2D eigenvalue weighted by molar-refractivity contribution is -0.189. The normalized spacial score (nSPS) is 12.9. The Hall–Kier alpha value is -1.92. The number of alkyl halides is 3. The van der Waals surface area contributed by atoms with E-state index in [9.17, 15) is 18.0 Å². The van der Waals surface area contributed by atoms with E-state index in [1.165, 1.54) is 7.11 Å². The van der Waals surface area contributed by atoms with Crippen LogP contribution in [-0.2, 0) is 0 Å². The van der Waals surface area contributed by atoms with Gasteiger partial charge in [-0.15, -0.1) is 0 Å². The number of aromatic carboxylic acids is 1. The quantitative estimate of drug-likeness (QED) is 0.908. The van der Waals surface area contributed by atoms with Gasteiger partial charge in [-0.05, 0) is 25.1 Å². The molecule has 0 spiro atoms. The molecule has 0 saturated carbocycles. The summed E-state index contributed by atoms with van der Waals surface area (Å²) in [6.07, 6.45) is -6.52. The highest BCUT2D eigenvalue weighted by atomic mass is 19.4. The Morgan fingerprint density at radius 3 is 2.39 bits per heavy atom. The molecular weight excluding hydrogens is 253 g/mol. The Kier molecular flexibility index (Phi) is 4.05. The second kappa shape index (κ2) is 5.16. The third-order valence-electron chi connectivity index (χ3n) is 2.18. The first kappa shape index (κ1) is 14.1. The summed E-state index contributed by atoms with van der Waals surface area (Å²) in [5.41, 5.74) is -0.0983. The van der Waals surface area contributed by atoms with Crippen LogP contribution in [0.3, 0.4) is 0 Å². The Balaban J connectivity index is 3.00. The zero-order chi connectivity index (χ0) is 13.9. The Morgan fingerprint density at radius 2 is 1.94 bits per heavy atom. The minimum absolute atomic E-state index is 0.0639.